The van der Waals surface area contributed by atoms with Crippen molar-refractivity contribution in [2.24, 2.45) is 0 Å². The summed E-state index contributed by atoms with van der Waals surface area (Å²) < 4.78 is 18.1. The lowest BCUT2D eigenvalue weighted by Crippen LogP contribution is -2.37. The highest BCUT2D eigenvalue weighted by Crippen LogP contribution is 2.11. The number of amides is 2. The van der Waals surface area contributed by atoms with Crippen molar-refractivity contribution in [1.29, 1.82) is 0 Å². The Morgan fingerprint density at radius 1 is 1.08 bits per heavy atom. The molecule has 0 spiro atoms. The van der Waals surface area contributed by atoms with Crippen molar-refractivity contribution in [2.75, 3.05) is 20.2 Å². The van der Waals surface area contributed by atoms with Crippen LogP contribution in [0.5, 0.6) is 5.75 Å². The van der Waals surface area contributed by atoms with Gasteiger partial charge in [0, 0.05) is 12.1 Å². The van der Waals surface area contributed by atoms with Gasteiger partial charge in [0.15, 0.2) is 0 Å². The molecule has 2 amide bonds. The van der Waals surface area contributed by atoms with Crippen LogP contribution >= 0.6 is 0 Å². The van der Waals surface area contributed by atoms with Crippen LogP contribution in [0.1, 0.15) is 15.9 Å². The Morgan fingerprint density at radius 2 is 1.83 bits per heavy atom. The van der Waals surface area contributed by atoms with E-state index in [-0.39, 0.29) is 18.0 Å². The monoisotopic (exact) mass is 330 g/mol. The van der Waals surface area contributed by atoms with E-state index in [4.69, 9.17) is 4.74 Å². The molecule has 0 heterocycles. The van der Waals surface area contributed by atoms with Crippen LogP contribution in [0, 0.1) is 5.82 Å². The molecule has 2 rings (SSSR count). The van der Waals surface area contributed by atoms with E-state index < -0.39 is 11.7 Å². The summed E-state index contributed by atoms with van der Waals surface area (Å²) in [6.45, 7) is 0.305. The molecule has 0 bridgehead atoms. The number of ether oxygens (including phenoxy) is 1. The maximum atomic E-state index is 13.0. The first-order valence-electron chi connectivity index (χ1n) is 7.52. The number of rotatable bonds is 7. The maximum absolute atomic E-state index is 13.0. The van der Waals surface area contributed by atoms with Gasteiger partial charge in [0.2, 0.25) is 5.91 Å². The largest absolute Gasteiger partial charge is 0.497 e. The molecule has 0 saturated heterocycles. The van der Waals surface area contributed by atoms with Gasteiger partial charge in [0.25, 0.3) is 5.91 Å². The fraction of sp³-hybridized carbons (Fsp3) is 0.222. The van der Waals surface area contributed by atoms with E-state index in [0.29, 0.717) is 13.0 Å². The summed E-state index contributed by atoms with van der Waals surface area (Å²) in [7, 11) is 1.60. The van der Waals surface area contributed by atoms with Gasteiger partial charge >= 0.3 is 0 Å². The number of carbonyl (C=O) groups excluding carboxylic acids is 2. The standard InChI is InChI=1S/C18H19FN2O3/c1-24-16-7-5-13(6-8-16)9-10-20-17(22)12-21-18(23)14-3-2-4-15(19)11-14/h2-8,11H,9-10,12H2,1H3,(H,20,22)(H,21,23). The molecule has 0 radical (unpaired) electrons. The highest BCUT2D eigenvalue weighted by Gasteiger charge is 2.08. The van der Waals surface area contributed by atoms with Gasteiger partial charge < -0.3 is 15.4 Å². The molecule has 2 aromatic carbocycles. The molecular formula is C18H19FN2O3. The van der Waals surface area contributed by atoms with E-state index in [9.17, 15) is 14.0 Å². The van der Waals surface area contributed by atoms with Crippen LogP contribution in [0.4, 0.5) is 4.39 Å². The highest BCUT2D eigenvalue weighted by atomic mass is 19.1. The zero-order valence-corrected chi connectivity index (χ0v) is 13.3. The number of methoxy groups -OCH3 is 1. The van der Waals surface area contributed by atoms with E-state index in [1.165, 1.54) is 18.2 Å². The van der Waals surface area contributed by atoms with E-state index in [0.717, 1.165) is 17.4 Å². The van der Waals surface area contributed by atoms with Crippen LogP contribution in [0.15, 0.2) is 48.5 Å². The zero-order chi connectivity index (χ0) is 17.4. The summed E-state index contributed by atoms with van der Waals surface area (Å²) in [5.74, 6) is -0.498. The Balaban J connectivity index is 1.70. The van der Waals surface area contributed by atoms with Gasteiger partial charge in [-0.05, 0) is 42.3 Å². The highest BCUT2D eigenvalue weighted by molar-refractivity contribution is 5.96. The van der Waals surface area contributed by atoms with Crippen molar-refractivity contribution < 1.29 is 18.7 Å². The molecule has 0 fully saturated rings. The molecular weight excluding hydrogens is 311 g/mol. The van der Waals surface area contributed by atoms with Gasteiger partial charge in [0.1, 0.15) is 11.6 Å². The smallest absolute Gasteiger partial charge is 0.251 e. The van der Waals surface area contributed by atoms with Crippen molar-refractivity contribution in [2.45, 2.75) is 6.42 Å². The number of hydrogen-bond donors (Lipinski definition) is 2. The predicted molar refractivity (Wildman–Crippen MR) is 88.4 cm³/mol. The molecule has 0 aliphatic carbocycles. The lowest BCUT2D eigenvalue weighted by Gasteiger charge is -2.08. The second-order valence-electron chi connectivity index (χ2n) is 5.14. The van der Waals surface area contributed by atoms with Crippen molar-refractivity contribution in [3.63, 3.8) is 0 Å². The first-order valence-corrected chi connectivity index (χ1v) is 7.52. The SMILES string of the molecule is COc1ccc(CCNC(=O)CNC(=O)c2cccc(F)c2)cc1. The minimum absolute atomic E-state index is 0.155. The Labute approximate surface area is 139 Å². The van der Waals surface area contributed by atoms with E-state index in [2.05, 4.69) is 10.6 Å². The van der Waals surface area contributed by atoms with Gasteiger partial charge in [-0.3, -0.25) is 9.59 Å². The second kappa shape index (κ2) is 8.67. The first-order chi connectivity index (χ1) is 11.6. The van der Waals surface area contributed by atoms with Crippen molar-refractivity contribution in [1.82, 2.24) is 10.6 Å². The van der Waals surface area contributed by atoms with Crippen LogP contribution in [-0.4, -0.2) is 32.0 Å². The summed E-state index contributed by atoms with van der Waals surface area (Å²) in [6.07, 6.45) is 0.674. The molecule has 2 N–H and O–H groups in total. The quantitative estimate of drug-likeness (QED) is 0.815. The fourth-order valence-electron chi connectivity index (χ4n) is 2.09. The van der Waals surface area contributed by atoms with E-state index in [1.54, 1.807) is 7.11 Å². The topological polar surface area (TPSA) is 67.4 Å². The molecule has 0 aliphatic heterocycles. The van der Waals surface area contributed by atoms with Crippen LogP contribution in [0.3, 0.4) is 0 Å². The average molecular weight is 330 g/mol. The van der Waals surface area contributed by atoms with Crippen molar-refractivity contribution in [3.8, 4) is 5.75 Å². The van der Waals surface area contributed by atoms with Crippen LogP contribution < -0.4 is 15.4 Å². The molecule has 0 aliphatic rings. The summed E-state index contributed by atoms with van der Waals surface area (Å²) >= 11 is 0. The van der Waals surface area contributed by atoms with E-state index >= 15 is 0 Å². The summed E-state index contributed by atoms with van der Waals surface area (Å²) in [5.41, 5.74) is 1.25. The number of nitrogens with one attached hydrogen (secondary N) is 2. The molecule has 0 aromatic heterocycles. The van der Waals surface area contributed by atoms with Gasteiger partial charge in [0.05, 0.1) is 13.7 Å². The van der Waals surface area contributed by atoms with Crippen LogP contribution in [0.25, 0.3) is 0 Å². The molecule has 0 unspecified atom stereocenters. The van der Waals surface area contributed by atoms with Gasteiger partial charge in [-0.2, -0.15) is 0 Å². The molecule has 24 heavy (non-hydrogen) atoms. The van der Waals surface area contributed by atoms with Crippen LogP contribution in [0.2, 0.25) is 0 Å². The fourth-order valence-corrected chi connectivity index (χ4v) is 2.09. The Hall–Kier alpha value is -2.89. The number of hydrogen-bond acceptors (Lipinski definition) is 3. The number of carbonyl (C=O) groups is 2. The molecule has 5 nitrogen and oxygen atoms in total. The van der Waals surface area contributed by atoms with Crippen molar-refractivity contribution in [3.05, 3.63) is 65.5 Å². The third-order valence-corrected chi connectivity index (χ3v) is 3.39. The second-order valence-corrected chi connectivity index (χ2v) is 5.14. The summed E-state index contributed by atoms with van der Waals surface area (Å²) in [6, 6.07) is 12.9. The summed E-state index contributed by atoms with van der Waals surface area (Å²) in [4.78, 5) is 23.5. The van der Waals surface area contributed by atoms with Gasteiger partial charge in [-0.15, -0.1) is 0 Å². The summed E-state index contributed by atoms with van der Waals surface area (Å²) in [5, 5.41) is 5.17. The Morgan fingerprint density at radius 3 is 2.50 bits per heavy atom. The minimum atomic E-state index is -0.494. The van der Waals surface area contributed by atoms with Gasteiger partial charge in [-0.1, -0.05) is 18.2 Å². The van der Waals surface area contributed by atoms with E-state index in [1.807, 2.05) is 24.3 Å². The third-order valence-electron chi connectivity index (χ3n) is 3.39. The molecule has 126 valence electrons. The number of benzene rings is 2. The predicted octanol–water partition coefficient (Wildman–Crippen LogP) is 1.92. The third kappa shape index (κ3) is 5.39. The lowest BCUT2D eigenvalue weighted by molar-refractivity contribution is -0.120. The first kappa shape index (κ1) is 17.5. The number of halogens is 1. The molecule has 6 heteroatoms. The Kier molecular flexibility index (Phi) is 6.31. The normalized spacial score (nSPS) is 10.1. The molecule has 2 aromatic rings. The molecule has 0 atom stereocenters. The zero-order valence-electron chi connectivity index (χ0n) is 13.3. The van der Waals surface area contributed by atoms with Gasteiger partial charge in [-0.25, -0.2) is 4.39 Å². The van der Waals surface area contributed by atoms with Crippen molar-refractivity contribution >= 4 is 11.8 Å². The lowest BCUT2D eigenvalue weighted by atomic mass is 10.1. The van der Waals surface area contributed by atoms with Crippen LogP contribution in [-0.2, 0) is 11.2 Å². The molecule has 0 saturated carbocycles. The average Bonchev–Trinajstić information content (AvgIpc) is 2.60. The minimum Gasteiger partial charge on any atom is -0.497 e. The Bertz CT molecular complexity index is 702. The maximum Gasteiger partial charge on any atom is 0.251 e.